The first kappa shape index (κ1) is 8.89. The third-order valence-corrected chi connectivity index (χ3v) is 1.43. The molecule has 0 aliphatic heterocycles. The van der Waals surface area contributed by atoms with E-state index in [0.29, 0.717) is 0 Å². The van der Waals surface area contributed by atoms with Gasteiger partial charge in [0.15, 0.2) is 5.78 Å². The summed E-state index contributed by atoms with van der Waals surface area (Å²) in [6.07, 6.45) is 0. The first-order chi connectivity index (χ1) is 6.17. The standard InChI is InChI=1S/C9H5N3O/c1-6(13)9-3-7(4-10)2-8(5-11)12-9/h2-3H,1H3. The predicted octanol–water partition coefficient (Wildman–Crippen LogP) is 1.03. The summed E-state index contributed by atoms with van der Waals surface area (Å²) >= 11 is 0. The van der Waals surface area contributed by atoms with Crippen LogP contribution in [0.4, 0.5) is 0 Å². The second-order valence-electron chi connectivity index (χ2n) is 2.41. The fourth-order valence-corrected chi connectivity index (χ4v) is 0.833. The Bertz CT molecular complexity index is 405. The first-order valence-corrected chi connectivity index (χ1v) is 3.50. The van der Waals surface area contributed by atoms with Gasteiger partial charge in [0.2, 0.25) is 0 Å². The van der Waals surface area contributed by atoms with Gasteiger partial charge in [-0.15, -0.1) is 0 Å². The van der Waals surface area contributed by atoms with Crippen molar-refractivity contribution in [2.24, 2.45) is 0 Å². The lowest BCUT2D eigenvalue weighted by Gasteiger charge is -1.95. The Morgan fingerprint density at radius 1 is 1.38 bits per heavy atom. The van der Waals surface area contributed by atoms with Gasteiger partial charge in [-0.25, -0.2) is 4.98 Å². The molecule has 0 aliphatic carbocycles. The number of nitriles is 2. The predicted molar refractivity (Wildman–Crippen MR) is 43.7 cm³/mol. The van der Waals surface area contributed by atoms with Gasteiger partial charge in [0.1, 0.15) is 17.5 Å². The highest BCUT2D eigenvalue weighted by molar-refractivity contribution is 5.92. The van der Waals surface area contributed by atoms with Gasteiger partial charge in [0.05, 0.1) is 11.6 Å². The van der Waals surface area contributed by atoms with Crippen LogP contribution in [0.25, 0.3) is 0 Å². The van der Waals surface area contributed by atoms with E-state index in [1.54, 1.807) is 6.07 Å². The van der Waals surface area contributed by atoms with E-state index in [1.807, 2.05) is 6.07 Å². The Balaban J connectivity index is 3.35. The molecule has 0 N–H and O–H groups in total. The fourth-order valence-electron chi connectivity index (χ4n) is 0.833. The van der Waals surface area contributed by atoms with E-state index in [0.717, 1.165) is 0 Å². The van der Waals surface area contributed by atoms with Crippen molar-refractivity contribution in [1.29, 1.82) is 10.5 Å². The summed E-state index contributed by atoms with van der Waals surface area (Å²) < 4.78 is 0. The molecule has 0 atom stereocenters. The molecule has 0 amide bonds. The molecule has 4 nitrogen and oxygen atoms in total. The highest BCUT2D eigenvalue weighted by atomic mass is 16.1. The van der Waals surface area contributed by atoms with Gasteiger partial charge < -0.3 is 0 Å². The van der Waals surface area contributed by atoms with Crippen LogP contribution in [0.15, 0.2) is 12.1 Å². The minimum atomic E-state index is -0.256. The fraction of sp³-hybridized carbons (Fsp3) is 0.111. The van der Waals surface area contributed by atoms with E-state index in [-0.39, 0.29) is 22.7 Å². The maximum absolute atomic E-state index is 10.9. The molecule has 4 heteroatoms. The third kappa shape index (κ3) is 1.88. The molecular formula is C9H5N3O. The minimum absolute atomic E-state index is 0.0873. The summed E-state index contributed by atoms with van der Waals surface area (Å²) in [4.78, 5) is 14.6. The molecule has 0 fully saturated rings. The number of ketones is 1. The van der Waals surface area contributed by atoms with Crippen LogP contribution in [0.1, 0.15) is 28.7 Å². The number of Topliss-reactive ketones (excluding diaryl/α,β-unsaturated/α-hetero) is 1. The van der Waals surface area contributed by atoms with E-state index < -0.39 is 0 Å². The van der Waals surface area contributed by atoms with Gasteiger partial charge in [0.25, 0.3) is 0 Å². The Morgan fingerprint density at radius 3 is 2.54 bits per heavy atom. The average molecular weight is 171 g/mol. The van der Waals surface area contributed by atoms with Crippen LogP contribution in [0.2, 0.25) is 0 Å². The molecular weight excluding hydrogens is 166 g/mol. The van der Waals surface area contributed by atoms with Gasteiger partial charge in [0, 0.05) is 6.92 Å². The van der Waals surface area contributed by atoms with Gasteiger partial charge in [-0.1, -0.05) is 0 Å². The van der Waals surface area contributed by atoms with Crippen LogP contribution in [-0.4, -0.2) is 10.8 Å². The SMILES string of the molecule is CC(=O)c1cc(C#N)cc(C#N)n1. The van der Waals surface area contributed by atoms with E-state index in [2.05, 4.69) is 4.98 Å². The van der Waals surface area contributed by atoms with E-state index in [9.17, 15) is 4.79 Å². The maximum atomic E-state index is 10.9. The van der Waals surface area contributed by atoms with E-state index in [4.69, 9.17) is 10.5 Å². The highest BCUT2D eigenvalue weighted by Gasteiger charge is 2.05. The Morgan fingerprint density at radius 2 is 2.08 bits per heavy atom. The maximum Gasteiger partial charge on any atom is 0.178 e. The molecule has 1 aromatic rings. The van der Waals surface area contributed by atoms with Crippen molar-refractivity contribution in [3.63, 3.8) is 0 Å². The lowest BCUT2D eigenvalue weighted by atomic mass is 10.2. The number of carbonyl (C=O) groups is 1. The van der Waals surface area contributed by atoms with Gasteiger partial charge in [-0.05, 0) is 12.1 Å². The van der Waals surface area contributed by atoms with Crippen molar-refractivity contribution in [2.45, 2.75) is 6.92 Å². The number of rotatable bonds is 1. The first-order valence-electron chi connectivity index (χ1n) is 3.50. The lowest BCUT2D eigenvalue weighted by Crippen LogP contribution is -1.99. The zero-order chi connectivity index (χ0) is 9.84. The molecule has 0 radical (unpaired) electrons. The van der Waals surface area contributed by atoms with Crippen LogP contribution in [0.3, 0.4) is 0 Å². The molecule has 0 bridgehead atoms. The minimum Gasteiger partial charge on any atom is -0.293 e. The molecule has 1 heterocycles. The number of hydrogen-bond acceptors (Lipinski definition) is 4. The summed E-state index contributed by atoms with van der Waals surface area (Å²) in [5.41, 5.74) is 0.511. The molecule has 0 saturated carbocycles. The van der Waals surface area contributed by atoms with Crippen LogP contribution in [-0.2, 0) is 0 Å². The Labute approximate surface area is 75.1 Å². The van der Waals surface area contributed by atoms with Gasteiger partial charge >= 0.3 is 0 Å². The van der Waals surface area contributed by atoms with E-state index in [1.165, 1.54) is 19.1 Å². The third-order valence-electron chi connectivity index (χ3n) is 1.43. The Hall–Kier alpha value is -2.20. The second kappa shape index (κ2) is 3.46. The molecule has 0 saturated heterocycles. The molecule has 13 heavy (non-hydrogen) atoms. The van der Waals surface area contributed by atoms with Crippen molar-refractivity contribution >= 4 is 5.78 Å². The van der Waals surface area contributed by atoms with Crippen molar-refractivity contribution in [2.75, 3.05) is 0 Å². The zero-order valence-corrected chi connectivity index (χ0v) is 6.90. The summed E-state index contributed by atoms with van der Waals surface area (Å²) in [7, 11) is 0. The van der Waals surface area contributed by atoms with Crippen molar-refractivity contribution in [3.8, 4) is 12.1 Å². The monoisotopic (exact) mass is 171 g/mol. The molecule has 0 aliphatic rings. The Kier molecular flexibility index (Phi) is 2.37. The number of carbonyl (C=O) groups excluding carboxylic acids is 1. The normalized spacial score (nSPS) is 8.54. The topological polar surface area (TPSA) is 77.5 Å². The van der Waals surface area contributed by atoms with Crippen molar-refractivity contribution in [1.82, 2.24) is 4.98 Å². The van der Waals surface area contributed by atoms with Crippen molar-refractivity contribution in [3.05, 3.63) is 29.1 Å². The molecule has 0 unspecified atom stereocenters. The summed E-state index contributed by atoms with van der Waals surface area (Å²) in [5.74, 6) is -0.256. The summed E-state index contributed by atoms with van der Waals surface area (Å²) in [6.45, 7) is 1.34. The zero-order valence-electron chi connectivity index (χ0n) is 6.90. The molecule has 62 valence electrons. The van der Waals surface area contributed by atoms with Crippen LogP contribution in [0, 0.1) is 22.7 Å². The number of pyridine rings is 1. The quantitative estimate of drug-likeness (QED) is 0.591. The summed E-state index contributed by atoms with van der Waals surface area (Å²) in [5, 5.41) is 17.1. The largest absolute Gasteiger partial charge is 0.293 e. The van der Waals surface area contributed by atoms with Crippen LogP contribution in [0.5, 0.6) is 0 Å². The lowest BCUT2D eigenvalue weighted by molar-refractivity contribution is 0.101. The smallest absolute Gasteiger partial charge is 0.178 e. The van der Waals surface area contributed by atoms with Crippen LogP contribution >= 0.6 is 0 Å². The number of hydrogen-bond donors (Lipinski definition) is 0. The van der Waals surface area contributed by atoms with Crippen molar-refractivity contribution < 1.29 is 4.79 Å². The molecule has 1 aromatic heterocycles. The van der Waals surface area contributed by atoms with Gasteiger partial charge in [-0.3, -0.25) is 4.79 Å². The molecule has 0 spiro atoms. The summed E-state index contributed by atoms with van der Waals surface area (Å²) in [6, 6.07) is 6.34. The number of nitrogens with zero attached hydrogens (tertiary/aromatic N) is 3. The second-order valence-corrected chi connectivity index (χ2v) is 2.41. The average Bonchev–Trinajstić information content (AvgIpc) is 2.16. The molecule has 1 rings (SSSR count). The van der Waals surface area contributed by atoms with E-state index >= 15 is 0 Å². The van der Waals surface area contributed by atoms with Gasteiger partial charge in [-0.2, -0.15) is 10.5 Å². The van der Waals surface area contributed by atoms with Crippen LogP contribution < -0.4 is 0 Å². The molecule has 0 aromatic carbocycles. The number of aromatic nitrogens is 1. The highest BCUT2D eigenvalue weighted by Crippen LogP contribution is 2.04.